The lowest BCUT2D eigenvalue weighted by atomic mass is 10.2. The molecule has 2 N–H and O–H groups in total. The summed E-state index contributed by atoms with van der Waals surface area (Å²) < 4.78 is 1.39. The van der Waals surface area contributed by atoms with E-state index < -0.39 is 5.91 Å². The van der Waals surface area contributed by atoms with Gasteiger partial charge in [-0.25, -0.2) is 0 Å². The second-order valence-electron chi connectivity index (χ2n) is 3.66. The van der Waals surface area contributed by atoms with Crippen molar-refractivity contribution in [3.05, 3.63) is 11.4 Å². The maximum atomic E-state index is 12.2. The van der Waals surface area contributed by atoms with Crippen molar-refractivity contribution in [1.29, 1.82) is 10.5 Å². The highest BCUT2D eigenvalue weighted by atomic mass is 16.2. The highest BCUT2D eigenvalue weighted by molar-refractivity contribution is 5.98. The van der Waals surface area contributed by atoms with E-state index in [4.69, 9.17) is 16.3 Å². The van der Waals surface area contributed by atoms with Crippen molar-refractivity contribution in [2.75, 3.05) is 18.8 Å². The SMILES string of the molecule is CCc1nn(C)c(C(=O)N(CC#N)CC#N)c1N. The van der Waals surface area contributed by atoms with E-state index in [0.717, 1.165) is 4.90 Å². The van der Waals surface area contributed by atoms with Crippen LogP contribution >= 0.6 is 0 Å². The van der Waals surface area contributed by atoms with E-state index in [9.17, 15) is 4.79 Å². The van der Waals surface area contributed by atoms with Gasteiger partial charge in [0.05, 0.1) is 23.5 Å². The molecule has 1 rings (SSSR count). The minimum atomic E-state index is -0.453. The molecule has 0 aliphatic heterocycles. The van der Waals surface area contributed by atoms with Crippen LogP contribution in [0.5, 0.6) is 0 Å². The molecule has 0 atom stereocenters. The fourth-order valence-corrected chi connectivity index (χ4v) is 1.63. The van der Waals surface area contributed by atoms with E-state index in [1.165, 1.54) is 4.68 Å². The molecule has 0 saturated carbocycles. The Bertz CT molecular complexity index is 517. The summed E-state index contributed by atoms with van der Waals surface area (Å²) in [6.45, 7) is 1.58. The van der Waals surface area contributed by atoms with E-state index in [1.807, 2.05) is 19.1 Å². The molecule has 0 radical (unpaired) electrons. The van der Waals surface area contributed by atoms with Gasteiger partial charge in [0, 0.05) is 7.05 Å². The number of anilines is 1. The molecule has 0 spiro atoms. The summed E-state index contributed by atoms with van der Waals surface area (Å²) in [5.41, 5.74) is 7.01. The lowest BCUT2D eigenvalue weighted by molar-refractivity contribution is 0.0785. The largest absolute Gasteiger partial charge is 0.395 e. The molecule has 1 amide bonds. The molecule has 0 aliphatic carbocycles. The van der Waals surface area contributed by atoms with Gasteiger partial charge in [-0.1, -0.05) is 6.92 Å². The summed E-state index contributed by atoms with van der Waals surface area (Å²) in [6, 6.07) is 3.69. The van der Waals surface area contributed by atoms with Gasteiger partial charge < -0.3 is 10.6 Å². The van der Waals surface area contributed by atoms with Crippen molar-refractivity contribution in [1.82, 2.24) is 14.7 Å². The zero-order valence-corrected chi connectivity index (χ0v) is 10.3. The Hall–Kier alpha value is -2.54. The quantitative estimate of drug-likeness (QED) is 0.754. The van der Waals surface area contributed by atoms with Gasteiger partial charge in [-0.3, -0.25) is 9.48 Å². The van der Waals surface area contributed by atoms with Gasteiger partial charge in [0.25, 0.3) is 5.91 Å². The monoisotopic (exact) mass is 246 g/mol. The first-order valence-electron chi connectivity index (χ1n) is 5.41. The number of hydrogen-bond donors (Lipinski definition) is 1. The zero-order chi connectivity index (χ0) is 13.7. The smallest absolute Gasteiger partial charge is 0.275 e. The third-order valence-electron chi connectivity index (χ3n) is 2.51. The van der Waals surface area contributed by atoms with Crippen molar-refractivity contribution in [3.63, 3.8) is 0 Å². The second-order valence-corrected chi connectivity index (χ2v) is 3.66. The molecule has 0 saturated heterocycles. The highest BCUT2D eigenvalue weighted by Crippen LogP contribution is 2.18. The van der Waals surface area contributed by atoms with Crippen LogP contribution in [0.4, 0.5) is 5.69 Å². The van der Waals surface area contributed by atoms with Crippen LogP contribution in [0.1, 0.15) is 23.1 Å². The van der Waals surface area contributed by atoms with Crippen molar-refractivity contribution in [2.24, 2.45) is 7.05 Å². The topological polar surface area (TPSA) is 112 Å². The summed E-state index contributed by atoms with van der Waals surface area (Å²) in [7, 11) is 1.61. The van der Waals surface area contributed by atoms with Gasteiger partial charge in [-0.15, -0.1) is 0 Å². The summed E-state index contributed by atoms with van der Waals surface area (Å²) in [5.74, 6) is -0.453. The lowest BCUT2D eigenvalue weighted by Crippen LogP contribution is -2.33. The molecular formula is C11H14N6O. The van der Waals surface area contributed by atoms with Crippen molar-refractivity contribution in [2.45, 2.75) is 13.3 Å². The minimum Gasteiger partial charge on any atom is -0.395 e. The number of carbonyl (C=O) groups is 1. The average molecular weight is 246 g/mol. The number of nitriles is 2. The summed E-state index contributed by atoms with van der Waals surface area (Å²) in [4.78, 5) is 13.3. The molecule has 18 heavy (non-hydrogen) atoms. The number of nitrogens with two attached hydrogens (primary N) is 1. The molecule has 0 bridgehead atoms. The van der Waals surface area contributed by atoms with E-state index in [-0.39, 0.29) is 18.8 Å². The number of rotatable bonds is 4. The standard InChI is InChI=1S/C11H14N6O/c1-3-8-9(14)10(16(2)15-8)11(18)17(6-4-12)7-5-13/h3,6-7,14H2,1-2H3. The van der Waals surface area contributed by atoms with Gasteiger partial charge in [0.1, 0.15) is 18.8 Å². The molecular weight excluding hydrogens is 232 g/mol. The van der Waals surface area contributed by atoms with Crippen LogP contribution in [-0.4, -0.2) is 33.7 Å². The fraction of sp³-hybridized carbons (Fsp3) is 0.455. The predicted molar refractivity (Wildman–Crippen MR) is 64.1 cm³/mol. The van der Waals surface area contributed by atoms with Crippen molar-refractivity contribution >= 4 is 11.6 Å². The molecule has 0 unspecified atom stereocenters. The Labute approximate surface area is 105 Å². The number of amides is 1. The summed E-state index contributed by atoms with van der Waals surface area (Å²) >= 11 is 0. The van der Waals surface area contributed by atoms with Gasteiger partial charge in [0.15, 0.2) is 0 Å². The molecule has 0 aliphatic rings. The molecule has 1 aromatic heterocycles. The maximum Gasteiger partial charge on any atom is 0.275 e. The van der Waals surface area contributed by atoms with Crippen LogP contribution in [0.2, 0.25) is 0 Å². The third-order valence-corrected chi connectivity index (χ3v) is 2.51. The first-order valence-corrected chi connectivity index (χ1v) is 5.41. The van der Waals surface area contributed by atoms with Crippen LogP contribution in [0.3, 0.4) is 0 Å². The zero-order valence-electron chi connectivity index (χ0n) is 10.3. The number of nitrogen functional groups attached to an aromatic ring is 1. The Balaban J connectivity index is 3.13. The molecule has 0 fully saturated rings. The Morgan fingerprint density at radius 2 is 2.00 bits per heavy atom. The molecule has 94 valence electrons. The fourth-order valence-electron chi connectivity index (χ4n) is 1.63. The molecule has 1 aromatic rings. The Morgan fingerprint density at radius 1 is 1.44 bits per heavy atom. The van der Waals surface area contributed by atoms with Crippen LogP contribution in [0, 0.1) is 22.7 Å². The summed E-state index contributed by atoms with van der Waals surface area (Å²) in [5, 5.41) is 21.4. The van der Waals surface area contributed by atoms with Gasteiger partial charge in [-0.2, -0.15) is 15.6 Å². The normalized spacial score (nSPS) is 9.56. The van der Waals surface area contributed by atoms with Crippen LogP contribution in [-0.2, 0) is 13.5 Å². The van der Waals surface area contributed by atoms with Crippen molar-refractivity contribution < 1.29 is 4.79 Å². The predicted octanol–water partition coefficient (Wildman–Crippen LogP) is 0.0541. The third kappa shape index (κ3) is 2.41. The number of nitrogens with zero attached hydrogens (tertiary/aromatic N) is 5. The van der Waals surface area contributed by atoms with E-state index in [1.54, 1.807) is 7.05 Å². The number of carbonyl (C=O) groups excluding carboxylic acids is 1. The molecule has 7 heteroatoms. The Morgan fingerprint density at radius 3 is 2.39 bits per heavy atom. The lowest BCUT2D eigenvalue weighted by Gasteiger charge is -2.15. The average Bonchev–Trinajstić information content (AvgIpc) is 2.63. The first-order chi connectivity index (χ1) is 8.56. The maximum absolute atomic E-state index is 12.2. The van der Waals surface area contributed by atoms with Crippen LogP contribution in [0.25, 0.3) is 0 Å². The van der Waals surface area contributed by atoms with Gasteiger partial charge in [0.2, 0.25) is 0 Å². The molecule has 1 heterocycles. The first kappa shape index (κ1) is 13.5. The van der Waals surface area contributed by atoms with E-state index in [0.29, 0.717) is 17.8 Å². The van der Waals surface area contributed by atoms with Crippen LogP contribution in [0.15, 0.2) is 0 Å². The van der Waals surface area contributed by atoms with Gasteiger partial charge in [-0.05, 0) is 6.42 Å². The van der Waals surface area contributed by atoms with E-state index in [2.05, 4.69) is 5.10 Å². The number of aromatic nitrogens is 2. The second kappa shape index (κ2) is 5.69. The number of aryl methyl sites for hydroxylation is 2. The minimum absolute atomic E-state index is 0.154. The Kier molecular flexibility index (Phi) is 4.27. The van der Waals surface area contributed by atoms with Crippen molar-refractivity contribution in [3.8, 4) is 12.1 Å². The molecule has 0 aromatic carbocycles. The summed E-state index contributed by atoms with van der Waals surface area (Å²) in [6.07, 6.45) is 0.615. The van der Waals surface area contributed by atoms with E-state index >= 15 is 0 Å². The van der Waals surface area contributed by atoms with Crippen LogP contribution < -0.4 is 5.73 Å². The molecule has 7 nitrogen and oxygen atoms in total. The number of hydrogen-bond acceptors (Lipinski definition) is 5. The highest BCUT2D eigenvalue weighted by Gasteiger charge is 2.23. The van der Waals surface area contributed by atoms with Gasteiger partial charge >= 0.3 is 0 Å².